The maximum absolute atomic E-state index is 12.2. The largest absolute Gasteiger partial charge is 0.295 e. The quantitative estimate of drug-likeness (QED) is 0.674. The van der Waals surface area contributed by atoms with Gasteiger partial charge in [0.05, 0.1) is 0 Å². The molecule has 0 aliphatic heterocycles. The second kappa shape index (κ2) is 7.40. The van der Waals surface area contributed by atoms with Gasteiger partial charge in [0, 0.05) is 0 Å². The summed E-state index contributed by atoms with van der Waals surface area (Å²) < 4.78 is 34.4. The van der Waals surface area contributed by atoms with Crippen LogP contribution >= 0.6 is 0 Å². The summed E-state index contributed by atoms with van der Waals surface area (Å²) in [7, 11) is -4.20. The van der Waals surface area contributed by atoms with Crippen molar-refractivity contribution in [3.63, 3.8) is 0 Å². The minimum absolute atomic E-state index is 0.194. The van der Waals surface area contributed by atoms with Gasteiger partial charge in [-0.3, -0.25) is 4.55 Å². The van der Waals surface area contributed by atoms with Gasteiger partial charge in [0.15, 0.2) is 0 Å². The molecule has 2 aliphatic rings. The molecule has 1 aromatic rings. The van der Waals surface area contributed by atoms with Crippen LogP contribution in [0, 0.1) is 20.8 Å². The lowest BCUT2D eigenvalue weighted by Gasteiger charge is -2.32. The monoisotopic (exact) mass is 364 g/mol. The third-order valence-electron chi connectivity index (χ3n) is 6.58. The zero-order valence-corrected chi connectivity index (χ0v) is 16.7. The van der Waals surface area contributed by atoms with E-state index in [1.165, 1.54) is 55.2 Å². The zero-order valence-electron chi connectivity index (χ0n) is 15.9. The van der Waals surface area contributed by atoms with Crippen molar-refractivity contribution in [2.24, 2.45) is 0 Å². The first kappa shape index (κ1) is 18.9. The van der Waals surface area contributed by atoms with Gasteiger partial charge in [0.2, 0.25) is 0 Å². The molecule has 0 aromatic heterocycles. The predicted molar refractivity (Wildman–Crippen MR) is 102 cm³/mol. The Morgan fingerprint density at radius 2 is 1.04 bits per heavy atom. The van der Waals surface area contributed by atoms with Gasteiger partial charge in [0.1, 0.15) is 4.90 Å². The molecule has 0 bridgehead atoms. The SMILES string of the molecule is Cc1c(C2CCCCC2)c(C)c(S(=O)(=O)O)c(C)c1C1CCCCC1. The lowest BCUT2D eigenvalue weighted by molar-refractivity contribution is 0.428. The molecular formula is C21H32O3S. The molecule has 1 N–H and O–H groups in total. The van der Waals surface area contributed by atoms with Gasteiger partial charge in [-0.25, -0.2) is 0 Å². The maximum atomic E-state index is 12.2. The van der Waals surface area contributed by atoms with E-state index in [4.69, 9.17) is 0 Å². The Hall–Kier alpha value is -0.870. The maximum Gasteiger partial charge on any atom is 0.295 e. The van der Waals surface area contributed by atoms with Crippen LogP contribution in [0.2, 0.25) is 0 Å². The number of rotatable bonds is 3. The van der Waals surface area contributed by atoms with Gasteiger partial charge >= 0.3 is 0 Å². The van der Waals surface area contributed by atoms with Crippen molar-refractivity contribution in [1.29, 1.82) is 0 Å². The highest BCUT2D eigenvalue weighted by molar-refractivity contribution is 7.86. The first-order valence-electron chi connectivity index (χ1n) is 9.93. The van der Waals surface area contributed by atoms with Crippen molar-refractivity contribution in [3.8, 4) is 0 Å². The molecule has 0 radical (unpaired) electrons. The average molecular weight is 365 g/mol. The Balaban J connectivity index is 2.23. The number of hydrogen-bond acceptors (Lipinski definition) is 2. The molecule has 25 heavy (non-hydrogen) atoms. The lowest BCUT2D eigenvalue weighted by Crippen LogP contribution is -2.18. The van der Waals surface area contributed by atoms with Crippen molar-refractivity contribution in [2.75, 3.05) is 0 Å². The Labute approximate surface area is 153 Å². The van der Waals surface area contributed by atoms with Gasteiger partial charge in [-0.05, 0) is 86.1 Å². The van der Waals surface area contributed by atoms with E-state index in [9.17, 15) is 13.0 Å². The van der Waals surface area contributed by atoms with Crippen LogP contribution in [0.5, 0.6) is 0 Å². The first-order valence-corrected chi connectivity index (χ1v) is 11.4. The van der Waals surface area contributed by atoms with E-state index in [1.54, 1.807) is 0 Å². The second-order valence-electron chi connectivity index (χ2n) is 8.18. The fourth-order valence-electron chi connectivity index (χ4n) is 5.63. The Morgan fingerprint density at radius 3 is 1.36 bits per heavy atom. The summed E-state index contributed by atoms with van der Waals surface area (Å²) in [5.41, 5.74) is 5.34. The molecule has 4 heteroatoms. The third-order valence-corrected chi connectivity index (χ3v) is 7.71. The topological polar surface area (TPSA) is 54.4 Å². The predicted octanol–water partition coefficient (Wildman–Crippen LogP) is 5.95. The van der Waals surface area contributed by atoms with Crippen LogP contribution < -0.4 is 0 Å². The Bertz CT molecular complexity index is 692. The lowest BCUT2D eigenvalue weighted by atomic mass is 9.74. The summed E-state index contributed by atoms with van der Waals surface area (Å²) >= 11 is 0. The molecule has 140 valence electrons. The molecule has 0 saturated heterocycles. The average Bonchev–Trinajstić information content (AvgIpc) is 2.55. The van der Waals surface area contributed by atoms with E-state index in [1.807, 2.05) is 13.8 Å². The molecule has 0 amide bonds. The molecule has 2 fully saturated rings. The van der Waals surface area contributed by atoms with Crippen LogP contribution in [0.3, 0.4) is 0 Å². The first-order chi connectivity index (χ1) is 11.8. The minimum Gasteiger partial charge on any atom is -0.282 e. The molecule has 0 heterocycles. The highest BCUT2D eigenvalue weighted by atomic mass is 32.2. The van der Waals surface area contributed by atoms with Gasteiger partial charge in [-0.15, -0.1) is 0 Å². The third kappa shape index (κ3) is 3.66. The number of hydrogen-bond donors (Lipinski definition) is 1. The highest BCUT2D eigenvalue weighted by Gasteiger charge is 2.31. The summed E-state index contributed by atoms with van der Waals surface area (Å²) in [5.74, 6) is 0.884. The van der Waals surface area contributed by atoms with Crippen LogP contribution in [0.1, 0.15) is 104 Å². The fourth-order valence-corrected chi connectivity index (χ4v) is 6.62. The summed E-state index contributed by atoms with van der Waals surface area (Å²) in [6.07, 6.45) is 12.0. The summed E-state index contributed by atoms with van der Waals surface area (Å²) in [4.78, 5) is 0.194. The zero-order chi connectivity index (χ0) is 18.2. The van der Waals surface area contributed by atoms with Crippen molar-refractivity contribution < 1.29 is 13.0 Å². The second-order valence-corrected chi connectivity index (χ2v) is 9.53. The van der Waals surface area contributed by atoms with Gasteiger partial charge in [0.25, 0.3) is 10.1 Å². The molecule has 0 spiro atoms. The van der Waals surface area contributed by atoms with E-state index in [0.717, 1.165) is 36.8 Å². The standard InChI is InChI=1S/C21H32O3S/c1-14-19(17-10-6-4-7-11-17)15(2)21(25(22,23)24)16(3)20(14)18-12-8-5-9-13-18/h17-18H,4-13H2,1-3H3,(H,22,23,24). The van der Waals surface area contributed by atoms with E-state index in [-0.39, 0.29) is 4.90 Å². The Kier molecular flexibility index (Phi) is 5.60. The van der Waals surface area contributed by atoms with E-state index in [0.29, 0.717) is 11.8 Å². The van der Waals surface area contributed by atoms with Crippen molar-refractivity contribution in [2.45, 2.75) is 102 Å². The molecule has 2 aliphatic carbocycles. The van der Waals surface area contributed by atoms with Crippen LogP contribution in [0.15, 0.2) is 4.90 Å². The van der Waals surface area contributed by atoms with E-state index >= 15 is 0 Å². The Morgan fingerprint density at radius 1 is 0.680 bits per heavy atom. The fraction of sp³-hybridized carbons (Fsp3) is 0.714. The highest BCUT2D eigenvalue weighted by Crippen LogP contribution is 2.45. The van der Waals surface area contributed by atoms with Gasteiger partial charge in [-0.1, -0.05) is 38.5 Å². The molecule has 2 saturated carbocycles. The van der Waals surface area contributed by atoms with Crippen molar-refractivity contribution in [3.05, 3.63) is 27.8 Å². The van der Waals surface area contributed by atoms with Crippen LogP contribution in [0.25, 0.3) is 0 Å². The van der Waals surface area contributed by atoms with Crippen LogP contribution in [-0.4, -0.2) is 13.0 Å². The van der Waals surface area contributed by atoms with E-state index in [2.05, 4.69) is 6.92 Å². The smallest absolute Gasteiger partial charge is 0.282 e. The molecule has 1 aromatic carbocycles. The molecule has 0 atom stereocenters. The van der Waals surface area contributed by atoms with Gasteiger partial charge in [-0.2, -0.15) is 8.42 Å². The number of benzene rings is 1. The summed E-state index contributed by atoms with van der Waals surface area (Å²) in [5, 5.41) is 0. The van der Waals surface area contributed by atoms with E-state index < -0.39 is 10.1 Å². The van der Waals surface area contributed by atoms with Crippen molar-refractivity contribution in [1.82, 2.24) is 0 Å². The van der Waals surface area contributed by atoms with Crippen LogP contribution in [0.4, 0.5) is 0 Å². The van der Waals surface area contributed by atoms with Gasteiger partial charge < -0.3 is 0 Å². The molecular weight excluding hydrogens is 332 g/mol. The minimum atomic E-state index is -4.20. The summed E-state index contributed by atoms with van der Waals surface area (Å²) in [6.45, 7) is 6.00. The molecule has 3 nitrogen and oxygen atoms in total. The summed E-state index contributed by atoms with van der Waals surface area (Å²) in [6, 6.07) is 0. The van der Waals surface area contributed by atoms with Crippen molar-refractivity contribution >= 4 is 10.1 Å². The van der Waals surface area contributed by atoms with Crippen LogP contribution in [-0.2, 0) is 10.1 Å². The molecule has 3 rings (SSSR count). The molecule has 0 unspecified atom stereocenters. The normalized spacial score (nSPS) is 20.8.